The van der Waals surface area contributed by atoms with E-state index in [9.17, 15) is 4.79 Å². The molecule has 1 saturated heterocycles. The van der Waals surface area contributed by atoms with Crippen LogP contribution in [-0.4, -0.2) is 43.4 Å². The summed E-state index contributed by atoms with van der Waals surface area (Å²) in [5, 5.41) is 4.33. The second kappa shape index (κ2) is 11.7. The molecule has 3 aromatic rings. The first-order chi connectivity index (χ1) is 17.0. The molecule has 0 amide bonds. The van der Waals surface area contributed by atoms with Crippen LogP contribution in [0.1, 0.15) is 60.6 Å². The predicted octanol–water partition coefficient (Wildman–Crippen LogP) is 5.34. The topological polar surface area (TPSA) is 69.7 Å². The van der Waals surface area contributed by atoms with Crippen LogP contribution in [0.3, 0.4) is 0 Å². The molecule has 186 valence electrons. The Labute approximate surface area is 203 Å². The van der Waals surface area contributed by atoms with Crippen LogP contribution in [0, 0.1) is 11.6 Å². The van der Waals surface area contributed by atoms with Crippen molar-refractivity contribution in [2.24, 2.45) is 0 Å². The molecule has 1 aliphatic heterocycles. The first-order valence-corrected chi connectivity index (χ1v) is 12.0. The molecule has 1 fully saturated rings. The summed E-state index contributed by atoms with van der Waals surface area (Å²) in [6.45, 7) is 5.67. The highest BCUT2D eigenvalue weighted by atomic mass is 19.1. The van der Waals surface area contributed by atoms with Gasteiger partial charge in [0.1, 0.15) is 11.6 Å². The van der Waals surface area contributed by atoms with Gasteiger partial charge in [0.2, 0.25) is 5.88 Å². The van der Waals surface area contributed by atoms with Crippen molar-refractivity contribution in [2.75, 3.05) is 26.4 Å². The van der Waals surface area contributed by atoms with Crippen molar-refractivity contribution in [3.8, 4) is 5.88 Å². The fraction of sp³-hybridized carbons (Fsp3) is 0.407. The van der Waals surface area contributed by atoms with Crippen LogP contribution in [0.2, 0.25) is 0 Å². The summed E-state index contributed by atoms with van der Waals surface area (Å²) in [6.07, 6.45) is 4.34. The summed E-state index contributed by atoms with van der Waals surface area (Å²) in [6, 6.07) is 8.67. The Bertz CT molecular complexity index is 1160. The van der Waals surface area contributed by atoms with Crippen LogP contribution >= 0.6 is 0 Å². The number of ether oxygens (including phenoxy) is 3. The molecule has 4 rings (SSSR count). The maximum absolute atomic E-state index is 15.1. The lowest BCUT2D eigenvalue weighted by Crippen LogP contribution is -2.28. The molecule has 8 heteroatoms. The van der Waals surface area contributed by atoms with Crippen molar-refractivity contribution in [2.45, 2.75) is 45.4 Å². The number of nitrogens with zero attached hydrogens (tertiary/aromatic N) is 1. The average Bonchev–Trinajstić information content (AvgIpc) is 2.86. The normalized spacial score (nSPS) is 16.9. The van der Waals surface area contributed by atoms with Gasteiger partial charge in [0.05, 0.1) is 18.8 Å². The van der Waals surface area contributed by atoms with E-state index in [0.717, 1.165) is 19.3 Å². The van der Waals surface area contributed by atoms with E-state index in [1.165, 1.54) is 18.3 Å². The Hall–Kier alpha value is -2.94. The standard InChI is InChI=1S/C27H30F2N2O4/c1-3-33-27-21-8-6-7-20(19(21)10-11-31-27)26(32)25-22(28)15-18(16-23(25)29)17(2)30-12-14-35-24-9-4-5-13-34-24/h6-8,10-11,15-17,24,30H,3-5,9,12-14H2,1-2H3/t17-,24?/m1/s1. The number of hydrogen-bond acceptors (Lipinski definition) is 6. The molecule has 0 bridgehead atoms. The van der Waals surface area contributed by atoms with Gasteiger partial charge in [-0.1, -0.05) is 12.1 Å². The van der Waals surface area contributed by atoms with Gasteiger partial charge in [0, 0.05) is 36.3 Å². The van der Waals surface area contributed by atoms with E-state index in [1.807, 2.05) is 6.92 Å². The number of halogens is 2. The minimum atomic E-state index is -0.901. The molecule has 0 spiro atoms. The van der Waals surface area contributed by atoms with E-state index in [1.54, 1.807) is 31.2 Å². The van der Waals surface area contributed by atoms with E-state index in [0.29, 0.717) is 48.6 Å². The summed E-state index contributed by atoms with van der Waals surface area (Å²) < 4.78 is 46.9. The molecule has 35 heavy (non-hydrogen) atoms. The molecule has 0 aliphatic carbocycles. The van der Waals surface area contributed by atoms with Crippen molar-refractivity contribution in [3.63, 3.8) is 0 Å². The molecule has 6 nitrogen and oxygen atoms in total. The zero-order chi connectivity index (χ0) is 24.8. The van der Waals surface area contributed by atoms with Gasteiger partial charge in [-0.3, -0.25) is 4.79 Å². The second-order valence-electron chi connectivity index (χ2n) is 8.48. The van der Waals surface area contributed by atoms with Gasteiger partial charge in [0.15, 0.2) is 12.1 Å². The number of pyridine rings is 1. The molecule has 2 aromatic carbocycles. The number of ketones is 1. The van der Waals surface area contributed by atoms with Crippen molar-refractivity contribution in [1.29, 1.82) is 0 Å². The molecule has 1 aromatic heterocycles. The van der Waals surface area contributed by atoms with E-state index >= 15 is 8.78 Å². The third kappa shape index (κ3) is 5.83. The van der Waals surface area contributed by atoms with Crippen LogP contribution in [0.25, 0.3) is 10.8 Å². The monoisotopic (exact) mass is 484 g/mol. The molecule has 1 N–H and O–H groups in total. The molecule has 0 saturated carbocycles. The third-order valence-corrected chi connectivity index (χ3v) is 6.08. The summed E-state index contributed by atoms with van der Waals surface area (Å²) >= 11 is 0. The van der Waals surface area contributed by atoms with E-state index in [4.69, 9.17) is 14.2 Å². The molecule has 2 atom stereocenters. The Morgan fingerprint density at radius 3 is 2.71 bits per heavy atom. The molecule has 2 heterocycles. The maximum Gasteiger partial charge on any atom is 0.221 e. The van der Waals surface area contributed by atoms with Gasteiger partial charge in [-0.25, -0.2) is 13.8 Å². The lowest BCUT2D eigenvalue weighted by atomic mass is 9.95. The lowest BCUT2D eigenvalue weighted by molar-refractivity contribution is -0.161. The summed E-state index contributed by atoms with van der Waals surface area (Å²) in [4.78, 5) is 17.4. The van der Waals surface area contributed by atoms with Crippen molar-refractivity contribution in [1.82, 2.24) is 10.3 Å². The van der Waals surface area contributed by atoms with Gasteiger partial charge in [0.25, 0.3) is 0 Å². The Balaban J connectivity index is 1.48. The first-order valence-electron chi connectivity index (χ1n) is 12.0. The number of benzene rings is 2. The van der Waals surface area contributed by atoms with Gasteiger partial charge in [-0.2, -0.15) is 0 Å². The molecule has 0 radical (unpaired) electrons. The van der Waals surface area contributed by atoms with Crippen molar-refractivity contribution >= 4 is 16.6 Å². The molecular formula is C27H30F2N2O4. The predicted molar refractivity (Wildman–Crippen MR) is 129 cm³/mol. The Kier molecular flexibility index (Phi) is 8.38. The lowest BCUT2D eigenvalue weighted by Gasteiger charge is -2.23. The molecule has 1 aliphatic rings. The number of rotatable bonds is 10. The largest absolute Gasteiger partial charge is 0.478 e. The fourth-order valence-electron chi connectivity index (χ4n) is 4.25. The van der Waals surface area contributed by atoms with Crippen LogP contribution in [0.5, 0.6) is 5.88 Å². The minimum Gasteiger partial charge on any atom is -0.478 e. The molecule has 1 unspecified atom stereocenters. The number of fused-ring (bicyclic) bond motifs is 1. The zero-order valence-electron chi connectivity index (χ0n) is 20.0. The third-order valence-electron chi connectivity index (χ3n) is 6.08. The maximum atomic E-state index is 15.1. The second-order valence-corrected chi connectivity index (χ2v) is 8.48. The highest BCUT2D eigenvalue weighted by Gasteiger charge is 2.23. The highest BCUT2D eigenvalue weighted by Crippen LogP contribution is 2.29. The number of carbonyl (C=O) groups is 1. The summed E-state index contributed by atoms with van der Waals surface area (Å²) in [5.41, 5.74) is 0.0110. The summed E-state index contributed by atoms with van der Waals surface area (Å²) in [7, 11) is 0. The first kappa shape index (κ1) is 25.2. The smallest absolute Gasteiger partial charge is 0.221 e. The van der Waals surface area contributed by atoms with Gasteiger partial charge in [-0.15, -0.1) is 0 Å². The van der Waals surface area contributed by atoms with Crippen LogP contribution in [0.15, 0.2) is 42.6 Å². The number of nitrogens with one attached hydrogen (secondary N) is 1. The van der Waals surface area contributed by atoms with Crippen LogP contribution < -0.4 is 10.1 Å². The Morgan fingerprint density at radius 1 is 1.20 bits per heavy atom. The molecular weight excluding hydrogens is 454 g/mol. The van der Waals surface area contributed by atoms with Crippen LogP contribution in [0.4, 0.5) is 8.78 Å². The summed E-state index contributed by atoms with van der Waals surface area (Å²) in [5.74, 6) is -2.16. The number of aromatic nitrogens is 1. The highest BCUT2D eigenvalue weighted by molar-refractivity contribution is 6.17. The van der Waals surface area contributed by atoms with Gasteiger partial charge < -0.3 is 19.5 Å². The van der Waals surface area contributed by atoms with E-state index < -0.39 is 23.0 Å². The number of carbonyl (C=O) groups excluding carboxylic acids is 1. The SMILES string of the molecule is CCOc1nccc2c(C(=O)c3c(F)cc([C@@H](C)NCCOC4CCCCO4)cc3F)cccc12. The van der Waals surface area contributed by atoms with Crippen molar-refractivity contribution < 1.29 is 27.8 Å². The van der Waals surface area contributed by atoms with Crippen molar-refractivity contribution in [3.05, 3.63) is 70.9 Å². The fourth-order valence-corrected chi connectivity index (χ4v) is 4.25. The van der Waals surface area contributed by atoms with E-state index in [-0.39, 0.29) is 17.9 Å². The quantitative estimate of drug-likeness (QED) is 0.310. The Morgan fingerprint density at radius 2 is 2.00 bits per heavy atom. The van der Waals surface area contributed by atoms with E-state index in [2.05, 4.69) is 10.3 Å². The minimum absolute atomic E-state index is 0.185. The van der Waals surface area contributed by atoms with Gasteiger partial charge >= 0.3 is 0 Å². The van der Waals surface area contributed by atoms with Gasteiger partial charge in [-0.05, 0) is 68.3 Å². The van der Waals surface area contributed by atoms with Crippen LogP contribution in [-0.2, 0) is 9.47 Å². The number of hydrogen-bond donors (Lipinski definition) is 1. The zero-order valence-corrected chi connectivity index (χ0v) is 20.0. The average molecular weight is 485 g/mol.